The number of piperazine rings is 1. The summed E-state index contributed by atoms with van der Waals surface area (Å²) in [7, 11) is 0. The second kappa shape index (κ2) is 7.91. The Labute approximate surface area is 165 Å². The lowest BCUT2D eigenvalue weighted by atomic mass is 9.85. The lowest BCUT2D eigenvalue weighted by Crippen LogP contribution is -2.52. The molecule has 2 atom stereocenters. The van der Waals surface area contributed by atoms with E-state index in [-0.39, 0.29) is 18.6 Å². The minimum atomic E-state index is -0.673. The number of carbonyl (C=O) groups excluding carboxylic acids is 3. The number of amides is 4. The van der Waals surface area contributed by atoms with Gasteiger partial charge < -0.3 is 4.90 Å². The van der Waals surface area contributed by atoms with Gasteiger partial charge in [0.05, 0.1) is 6.67 Å². The molecular weight excluding hydrogens is 356 g/mol. The van der Waals surface area contributed by atoms with Crippen molar-refractivity contribution in [3.05, 3.63) is 30.3 Å². The summed E-state index contributed by atoms with van der Waals surface area (Å²) in [5.41, 5.74) is 1.18. The van der Waals surface area contributed by atoms with E-state index in [0.29, 0.717) is 0 Å². The molecular formula is C21H28N4O3. The molecule has 1 aromatic rings. The molecule has 2 heterocycles. The Morgan fingerprint density at radius 2 is 1.57 bits per heavy atom. The van der Waals surface area contributed by atoms with Crippen molar-refractivity contribution in [2.45, 2.75) is 38.6 Å². The number of urea groups is 1. The van der Waals surface area contributed by atoms with E-state index in [0.717, 1.165) is 56.8 Å². The Morgan fingerprint density at radius 1 is 0.893 bits per heavy atom. The number of imide groups is 2. The lowest BCUT2D eigenvalue weighted by molar-refractivity contribution is -0.145. The zero-order chi connectivity index (χ0) is 19.7. The highest BCUT2D eigenvalue weighted by molar-refractivity contribution is 6.44. The summed E-state index contributed by atoms with van der Waals surface area (Å²) in [6.07, 6.45) is 3.92. The fourth-order valence-corrected chi connectivity index (χ4v) is 4.61. The van der Waals surface area contributed by atoms with Crippen molar-refractivity contribution >= 4 is 23.5 Å². The molecule has 2 aliphatic heterocycles. The molecule has 3 fully saturated rings. The Hall–Kier alpha value is -2.41. The predicted molar refractivity (Wildman–Crippen MR) is 106 cm³/mol. The molecule has 7 nitrogen and oxygen atoms in total. The first-order valence-electron chi connectivity index (χ1n) is 10.3. The van der Waals surface area contributed by atoms with E-state index in [1.807, 2.05) is 18.2 Å². The highest BCUT2D eigenvalue weighted by Gasteiger charge is 2.49. The molecule has 1 saturated carbocycles. The van der Waals surface area contributed by atoms with Gasteiger partial charge in [0, 0.05) is 37.9 Å². The molecule has 2 saturated heterocycles. The molecule has 4 amide bonds. The molecule has 4 rings (SSSR count). The van der Waals surface area contributed by atoms with Crippen LogP contribution in [0.2, 0.25) is 0 Å². The molecule has 0 bridgehead atoms. The van der Waals surface area contributed by atoms with Crippen LogP contribution < -0.4 is 4.90 Å². The van der Waals surface area contributed by atoms with Crippen LogP contribution >= 0.6 is 0 Å². The normalized spacial score (nSPS) is 27.0. The lowest BCUT2D eigenvalue weighted by Gasteiger charge is -2.37. The summed E-state index contributed by atoms with van der Waals surface area (Å²) in [5.74, 6) is -1.07. The van der Waals surface area contributed by atoms with Crippen LogP contribution in [-0.2, 0) is 9.59 Å². The predicted octanol–water partition coefficient (Wildman–Crippen LogP) is 2.14. The fraction of sp³-hybridized carbons (Fsp3) is 0.571. The summed E-state index contributed by atoms with van der Waals surface area (Å²) in [6, 6.07) is 9.65. The number of rotatable bonds is 4. The second-order valence-electron chi connectivity index (χ2n) is 8.10. The van der Waals surface area contributed by atoms with E-state index in [2.05, 4.69) is 28.9 Å². The van der Waals surface area contributed by atoms with Gasteiger partial charge in [-0.3, -0.25) is 19.4 Å². The summed E-state index contributed by atoms with van der Waals surface area (Å²) < 4.78 is 0. The van der Waals surface area contributed by atoms with Crippen LogP contribution in [0, 0.1) is 5.92 Å². The standard InChI is InChI=1S/C21H28N4O3/c1-16-7-5-6-10-18(16)25-20(27)19(26)24(21(25)28)15-22-11-13-23(14-12-22)17-8-3-2-4-9-17/h2-4,8-9,16,18H,5-7,10-15H2,1H3/t16-,18+/m0/s1. The van der Waals surface area contributed by atoms with Gasteiger partial charge >= 0.3 is 17.8 Å². The zero-order valence-corrected chi connectivity index (χ0v) is 16.4. The Balaban J connectivity index is 1.38. The number of hydrogen-bond acceptors (Lipinski definition) is 5. The highest BCUT2D eigenvalue weighted by atomic mass is 16.2. The van der Waals surface area contributed by atoms with Crippen LogP contribution in [0.25, 0.3) is 0 Å². The average Bonchev–Trinajstić information content (AvgIpc) is 2.93. The molecule has 7 heteroatoms. The van der Waals surface area contributed by atoms with Gasteiger partial charge in [0.15, 0.2) is 0 Å². The fourth-order valence-electron chi connectivity index (χ4n) is 4.61. The van der Waals surface area contributed by atoms with E-state index in [1.165, 1.54) is 10.6 Å². The van der Waals surface area contributed by atoms with Crippen LogP contribution in [0.4, 0.5) is 10.5 Å². The minimum absolute atomic E-state index is 0.141. The molecule has 0 radical (unpaired) electrons. The topological polar surface area (TPSA) is 64.2 Å². The number of nitrogens with zero attached hydrogens (tertiary/aromatic N) is 4. The molecule has 0 unspecified atom stereocenters. The van der Waals surface area contributed by atoms with Crippen molar-refractivity contribution in [1.82, 2.24) is 14.7 Å². The number of hydrogen-bond donors (Lipinski definition) is 0. The Kier molecular flexibility index (Phi) is 5.35. The molecule has 0 spiro atoms. The number of carbonyl (C=O) groups is 3. The Morgan fingerprint density at radius 3 is 2.25 bits per heavy atom. The van der Waals surface area contributed by atoms with Crippen LogP contribution in [0.3, 0.4) is 0 Å². The maximum atomic E-state index is 12.9. The molecule has 1 aliphatic carbocycles. The first kappa shape index (κ1) is 18.9. The van der Waals surface area contributed by atoms with Crippen molar-refractivity contribution in [2.75, 3.05) is 37.7 Å². The maximum absolute atomic E-state index is 12.9. The third-order valence-corrected chi connectivity index (χ3v) is 6.32. The highest BCUT2D eigenvalue weighted by Crippen LogP contribution is 2.31. The Bertz CT molecular complexity index is 745. The largest absolute Gasteiger partial charge is 0.369 e. The van der Waals surface area contributed by atoms with Crippen LogP contribution in [0.1, 0.15) is 32.6 Å². The maximum Gasteiger partial charge on any atom is 0.335 e. The van der Waals surface area contributed by atoms with Gasteiger partial charge in [-0.25, -0.2) is 9.69 Å². The first-order valence-corrected chi connectivity index (χ1v) is 10.3. The van der Waals surface area contributed by atoms with Crippen molar-refractivity contribution in [3.8, 4) is 0 Å². The van der Waals surface area contributed by atoms with Crippen molar-refractivity contribution in [1.29, 1.82) is 0 Å². The number of benzene rings is 1. The monoisotopic (exact) mass is 384 g/mol. The molecule has 3 aliphatic rings. The SMILES string of the molecule is C[C@H]1CCCC[C@H]1N1C(=O)C(=O)N(CN2CCN(c3ccccc3)CC2)C1=O. The van der Waals surface area contributed by atoms with Gasteiger partial charge in [-0.15, -0.1) is 0 Å². The molecule has 150 valence electrons. The van der Waals surface area contributed by atoms with Gasteiger partial charge in [0.2, 0.25) is 0 Å². The van der Waals surface area contributed by atoms with Crippen LogP contribution in [0.15, 0.2) is 30.3 Å². The van der Waals surface area contributed by atoms with Gasteiger partial charge in [0.25, 0.3) is 0 Å². The van der Waals surface area contributed by atoms with E-state index < -0.39 is 17.8 Å². The van der Waals surface area contributed by atoms with E-state index in [9.17, 15) is 14.4 Å². The van der Waals surface area contributed by atoms with Gasteiger partial charge in [-0.2, -0.15) is 0 Å². The second-order valence-corrected chi connectivity index (χ2v) is 8.10. The summed E-state index contributed by atoms with van der Waals surface area (Å²) >= 11 is 0. The molecule has 0 N–H and O–H groups in total. The molecule has 0 aromatic heterocycles. The molecule has 28 heavy (non-hydrogen) atoms. The van der Waals surface area contributed by atoms with E-state index in [4.69, 9.17) is 0 Å². The van der Waals surface area contributed by atoms with Crippen molar-refractivity contribution in [2.24, 2.45) is 5.92 Å². The number of para-hydroxylation sites is 1. The minimum Gasteiger partial charge on any atom is -0.369 e. The van der Waals surface area contributed by atoms with Crippen LogP contribution in [0.5, 0.6) is 0 Å². The zero-order valence-electron chi connectivity index (χ0n) is 16.4. The van der Waals surface area contributed by atoms with Crippen molar-refractivity contribution in [3.63, 3.8) is 0 Å². The summed E-state index contributed by atoms with van der Waals surface area (Å²) in [5, 5.41) is 0. The van der Waals surface area contributed by atoms with Gasteiger partial charge in [-0.1, -0.05) is 38.0 Å². The summed E-state index contributed by atoms with van der Waals surface area (Å²) in [6.45, 7) is 5.43. The third-order valence-electron chi connectivity index (χ3n) is 6.32. The smallest absolute Gasteiger partial charge is 0.335 e. The third kappa shape index (κ3) is 3.51. The van der Waals surface area contributed by atoms with E-state index in [1.54, 1.807) is 0 Å². The van der Waals surface area contributed by atoms with Crippen molar-refractivity contribution < 1.29 is 14.4 Å². The first-order chi connectivity index (χ1) is 13.6. The van der Waals surface area contributed by atoms with Gasteiger partial charge in [-0.05, 0) is 30.9 Å². The molecule has 1 aromatic carbocycles. The van der Waals surface area contributed by atoms with Crippen LogP contribution in [-0.4, -0.2) is 71.4 Å². The number of anilines is 1. The van der Waals surface area contributed by atoms with E-state index >= 15 is 0 Å². The van der Waals surface area contributed by atoms with Gasteiger partial charge in [0.1, 0.15) is 0 Å². The quantitative estimate of drug-likeness (QED) is 0.588. The average molecular weight is 384 g/mol. The summed E-state index contributed by atoms with van der Waals surface area (Å²) in [4.78, 5) is 44.7.